The highest BCUT2D eigenvalue weighted by atomic mass is 35.5. The van der Waals surface area contributed by atoms with Crippen LogP contribution in [-0.4, -0.2) is 15.6 Å². The molecule has 2 rings (SSSR count). The van der Waals surface area contributed by atoms with Gasteiger partial charge in [0.1, 0.15) is 0 Å². The second kappa shape index (κ2) is 4.94. The molecule has 0 unspecified atom stereocenters. The van der Waals surface area contributed by atoms with Crippen LogP contribution >= 0.6 is 11.6 Å². The Morgan fingerprint density at radius 3 is 2.72 bits per heavy atom. The molecule has 4 heteroatoms. The average molecular weight is 263 g/mol. The molecule has 0 aliphatic carbocycles. The molecular weight excluding hydrogens is 248 g/mol. The van der Waals surface area contributed by atoms with E-state index in [0.29, 0.717) is 17.0 Å². The number of nitrogens with zero attached hydrogens (tertiary/aromatic N) is 2. The summed E-state index contributed by atoms with van der Waals surface area (Å²) in [6.45, 7) is 3.81. The first kappa shape index (κ1) is 12.8. The summed E-state index contributed by atoms with van der Waals surface area (Å²) in [7, 11) is 1.84. The van der Waals surface area contributed by atoms with Crippen LogP contribution in [0.15, 0.2) is 24.3 Å². The number of aromatic nitrogens is 2. The predicted molar refractivity (Wildman–Crippen MR) is 72.2 cm³/mol. The lowest BCUT2D eigenvalue weighted by atomic mass is 10.0. The standard InChI is InChI=1S/C14H15ClN2O/c1-9-5-4-6-12(14(9)15)13(18)8-11-7-10(2)16-17(11)3/h4-7H,8H2,1-3H3. The Bertz CT molecular complexity index is 602. The third kappa shape index (κ3) is 2.46. The monoisotopic (exact) mass is 262 g/mol. The Morgan fingerprint density at radius 1 is 1.39 bits per heavy atom. The van der Waals surface area contributed by atoms with Crippen molar-refractivity contribution in [3.63, 3.8) is 0 Å². The zero-order valence-corrected chi connectivity index (χ0v) is 11.5. The molecule has 1 heterocycles. The van der Waals surface area contributed by atoms with Crippen molar-refractivity contribution in [2.75, 3.05) is 0 Å². The molecule has 0 amide bonds. The van der Waals surface area contributed by atoms with E-state index in [0.717, 1.165) is 17.0 Å². The number of hydrogen-bond donors (Lipinski definition) is 0. The summed E-state index contributed by atoms with van der Waals surface area (Å²) in [6, 6.07) is 7.43. The van der Waals surface area contributed by atoms with Crippen LogP contribution < -0.4 is 0 Å². The average Bonchev–Trinajstić information content (AvgIpc) is 2.61. The fourth-order valence-corrected chi connectivity index (χ4v) is 2.18. The number of rotatable bonds is 3. The topological polar surface area (TPSA) is 34.9 Å². The number of benzene rings is 1. The van der Waals surface area contributed by atoms with Gasteiger partial charge in [0.15, 0.2) is 5.78 Å². The summed E-state index contributed by atoms with van der Waals surface area (Å²) in [6.07, 6.45) is 0.320. The maximum atomic E-state index is 12.2. The second-order valence-corrected chi connectivity index (χ2v) is 4.82. The third-order valence-corrected chi connectivity index (χ3v) is 3.43. The van der Waals surface area contributed by atoms with Crippen LogP contribution in [0.5, 0.6) is 0 Å². The van der Waals surface area contributed by atoms with E-state index in [-0.39, 0.29) is 5.78 Å². The quantitative estimate of drug-likeness (QED) is 0.797. The van der Waals surface area contributed by atoms with E-state index in [9.17, 15) is 4.79 Å². The van der Waals surface area contributed by atoms with Gasteiger partial charge in [0, 0.05) is 18.3 Å². The highest BCUT2D eigenvalue weighted by Gasteiger charge is 2.14. The lowest BCUT2D eigenvalue weighted by Crippen LogP contribution is -2.08. The number of hydrogen-bond acceptors (Lipinski definition) is 2. The van der Waals surface area contributed by atoms with Crippen molar-refractivity contribution >= 4 is 17.4 Å². The fourth-order valence-electron chi connectivity index (χ4n) is 1.95. The molecule has 3 nitrogen and oxygen atoms in total. The van der Waals surface area contributed by atoms with E-state index >= 15 is 0 Å². The molecule has 1 aromatic heterocycles. The molecule has 2 aromatic rings. The smallest absolute Gasteiger partial charge is 0.170 e. The Labute approximate surface area is 111 Å². The second-order valence-electron chi connectivity index (χ2n) is 4.44. The molecular formula is C14H15ClN2O. The molecule has 0 fully saturated rings. The van der Waals surface area contributed by atoms with E-state index in [2.05, 4.69) is 5.10 Å². The molecule has 0 aliphatic rings. The van der Waals surface area contributed by atoms with E-state index in [1.54, 1.807) is 10.7 Å². The maximum Gasteiger partial charge on any atom is 0.170 e. The van der Waals surface area contributed by atoms with Gasteiger partial charge in [-0.2, -0.15) is 5.10 Å². The molecule has 94 valence electrons. The first-order valence-corrected chi connectivity index (χ1v) is 6.14. The minimum absolute atomic E-state index is 0.0201. The van der Waals surface area contributed by atoms with Crippen molar-refractivity contribution in [3.8, 4) is 0 Å². The summed E-state index contributed by atoms with van der Waals surface area (Å²) < 4.78 is 1.73. The largest absolute Gasteiger partial charge is 0.294 e. The number of carbonyl (C=O) groups is 1. The molecule has 0 aliphatic heterocycles. The summed E-state index contributed by atoms with van der Waals surface area (Å²) in [4.78, 5) is 12.2. The van der Waals surface area contributed by atoms with Crippen LogP contribution in [0.1, 0.15) is 27.3 Å². The number of halogens is 1. The van der Waals surface area contributed by atoms with Crippen LogP contribution in [0.4, 0.5) is 0 Å². The first-order valence-electron chi connectivity index (χ1n) is 5.77. The van der Waals surface area contributed by atoms with Crippen LogP contribution in [0, 0.1) is 13.8 Å². The van der Waals surface area contributed by atoms with E-state index in [1.165, 1.54) is 0 Å². The van der Waals surface area contributed by atoms with Crippen LogP contribution in [0.3, 0.4) is 0 Å². The van der Waals surface area contributed by atoms with Crippen molar-refractivity contribution in [1.29, 1.82) is 0 Å². The van der Waals surface area contributed by atoms with Gasteiger partial charge in [0.05, 0.1) is 17.1 Å². The first-order chi connectivity index (χ1) is 8.49. The highest BCUT2D eigenvalue weighted by Crippen LogP contribution is 2.22. The van der Waals surface area contributed by atoms with E-state index in [1.807, 2.05) is 39.1 Å². The molecule has 0 N–H and O–H groups in total. The van der Waals surface area contributed by atoms with Crippen LogP contribution in [0.2, 0.25) is 5.02 Å². The third-order valence-electron chi connectivity index (χ3n) is 2.93. The van der Waals surface area contributed by atoms with Gasteiger partial charge >= 0.3 is 0 Å². The number of carbonyl (C=O) groups excluding carboxylic acids is 1. The van der Waals surface area contributed by atoms with Gasteiger partial charge in [-0.15, -0.1) is 0 Å². The van der Waals surface area contributed by atoms with Crippen LogP contribution in [0.25, 0.3) is 0 Å². The zero-order valence-electron chi connectivity index (χ0n) is 10.7. The highest BCUT2D eigenvalue weighted by molar-refractivity contribution is 6.34. The molecule has 1 aromatic carbocycles. The van der Waals surface area contributed by atoms with Gasteiger partial charge in [-0.1, -0.05) is 23.7 Å². The van der Waals surface area contributed by atoms with Gasteiger partial charge in [-0.25, -0.2) is 0 Å². The van der Waals surface area contributed by atoms with Crippen molar-refractivity contribution in [2.24, 2.45) is 7.05 Å². The van der Waals surface area contributed by atoms with E-state index < -0.39 is 0 Å². The minimum Gasteiger partial charge on any atom is -0.294 e. The van der Waals surface area contributed by atoms with Crippen molar-refractivity contribution in [1.82, 2.24) is 9.78 Å². The Hall–Kier alpha value is -1.61. The Morgan fingerprint density at radius 2 is 2.11 bits per heavy atom. The van der Waals surface area contributed by atoms with Gasteiger partial charge in [0.2, 0.25) is 0 Å². The van der Waals surface area contributed by atoms with Crippen molar-refractivity contribution in [2.45, 2.75) is 20.3 Å². The number of aryl methyl sites for hydroxylation is 3. The molecule has 0 bridgehead atoms. The molecule has 0 saturated heterocycles. The molecule has 0 saturated carbocycles. The Kier molecular flexibility index (Phi) is 3.53. The predicted octanol–water partition coefficient (Wildman–Crippen LogP) is 3.12. The summed E-state index contributed by atoms with van der Waals surface area (Å²) >= 11 is 6.16. The summed E-state index contributed by atoms with van der Waals surface area (Å²) in [5, 5.41) is 4.77. The maximum absolute atomic E-state index is 12.2. The Balaban J connectivity index is 2.27. The minimum atomic E-state index is 0.0201. The molecule has 0 radical (unpaired) electrons. The molecule has 18 heavy (non-hydrogen) atoms. The number of ketones is 1. The van der Waals surface area contributed by atoms with Crippen molar-refractivity contribution < 1.29 is 4.79 Å². The van der Waals surface area contributed by atoms with E-state index in [4.69, 9.17) is 11.6 Å². The van der Waals surface area contributed by atoms with Gasteiger partial charge in [-0.05, 0) is 31.5 Å². The normalized spacial score (nSPS) is 10.7. The fraction of sp³-hybridized carbons (Fsp3) is 0.286. The van der Waals surface area contributed by atoms with Gasteiger partial charge < -0.3 is 0 Å². The van der Waals surface area contributed by atoms with Gasteiger partial charge in [0.25, 0.3) is 0 Å². The van der Waals surface area contributed by atoms with Gasteiger partial charge in [-0.3, -0.25) is 9.48 Å². The summed E-state index contributed by atoms with van der Waals surface area (Å²) in [5.41, 5.74) is 3.31. The lowest BCUT2D eigenvalue weighted by Gasteiger charge is -2.06. The zero-order chi connectivity index (χ0) is 13.3. The lowest BCUT2D eigenvalue weighted by molar-refractivity contribution is 0.0991. The molecule has 0 spiro atoms. The van der Waals surface area contributed by atoms with Crippen molar-refractivity contribution in [3.05, 3.63) is 51.8 Å². The summed E-state index contributed by atoms with van der Waals surface area (Å²) in [5.74, 6) is 0.0201. The number of Topliss-reactive ketones (excluding diaryl/α,β-unsaturated/α-hetero) is 1. The molecule has 0 atom stereocenters. The van der Waals surface area contributed by atoms with Crippen LogP contribution in [-0.2, 0) is 13.5 Å². The SMILES string of the molecule is Cc1cc(CC(=O)c2cccc(C)c2Cl)n(C)n1.